The molecule has 0 saturated carbocycles. The lowest BCUT2D eigenvalue weighted by Gasteiger charge is -2.08. The monoisotopic (exact) mass is 282 g/mol. The SMILES string of the molecule is Cc1cc(=O)n(-c2ccc(S(=O)(=O)C(C)O)cc2)[nH]1. The first kappa shape index (κ1) is 13.6. The Morgan fingerprint density at radius 2 is 1.84 bits per heavy atom. The zero-order valence-electron chi connectivity index (χ0n) is 10.5. The summed E-state index contributed by atoms with van der Waals surface area (Å²) in [6, 6.07) is 7.18. The maximum Gasteiger partial charge on any atom is 0.271 e. The number of sulfone groups is 1. The molecule has 0 aliphatic carbocycles. The van der Waals surface area contributed by atoms with Crippen molar-refractivity contribution in [1.29, 1.82) is 0 Å². The van der Waals surface area contributed by atoms with E-state index in [2.05, 4.69) is 5.10 Å². The Bertz CT molecular complexity index is 739. The lowest BCUT2D eigenvalue weighted by Crippen LogP contribution is -2.17. The highest BCUT2D eigenvalue weighted by atomic mass is 32.2. The Labute approximate surface area is 110 Å². The summed E-state index contributed by atoms with van der Waals surface area (Å²) in [5.74, 6) is 0. The van der Waals surface area contributed by atoms with E-state index in [1.807, 2.05) is 0 Å². The Morgan fingerprint density at radius 1 is 1.26 bits per heavy atom. The van der Waals surface area contributed by atoms with Crippen LogP contribution in [0.2, 0.25) is 0 Å². The highest BCUT2D eigenvalue weighted by molar-refractivity contribution is 7.91. The molecule has 1 aromatic heterocycles. The molecule has 0 aliphatic rings. The van der Waals surface area contributed by atoms with Gasteiger partial charge in [0.05, 0.1) is 10.6 Å². The number of benzene rings is 1. The van der Waals surface area contributed by atoms with Crippen LogP contribution in [0.3, 0.4) is 0 Å². The topological polar surface area (TPSA) is 92.2 Å². The number of aliphatic hydroxyl groups is 1. The second-order valence-electron chi connectivity index (χ2n) is 4.25. The molecule has 1 unspecified atom stereocenters. The van der Waals surface area contributed by atoms with E-state index in [1.165, 1.54) is 41.9 Å². The first-order valence-corrected chi connectivity index (χ1v) is 7.18. The molecule has 7 heteroatoms. The van der Waals surface area contributed by atoms with Crippen LogP contribution >= 0.6 is 0 Å². The predicted octanol–water partition coefficient (Wildman–Crippen LogP) is 0.586. The fourth-order valence-corrected chi connectivity index (χ4v) is 2.60. The van der Waals surface area contributed by atoms with Crippen LogP contribution in [-0.4, -0.2) is 28.7 Å². The number of hydrogen-bond donors (Lipinski definition) is 2. The fourth-order valence-electron chi connectivity index (χ4n) is 1.69. The molecule has 19 heavy (non-hydrogen) atoms. The van der Waals surface area contributed by atoms with Gasteiger partial charge in [0.25, 0.3) is 5.56 Å². The van der Waals surface area contributed by atoms with Crippen molar-refractivity contribution < 1.29 is 13.5 Å². The van der Waals surface area contributed by atoms with Gasteiger partial charge in [0.1, 0.15) is 0 Å². The predicted molar refractivity (Wildman–Crippen MR) is 70.0 cm³/mol. The molecule has 0 bridgehead atoms. The van der Waals surface area contributed by atoms with Crippen molar-refractivity contribution in [3.05, 3.63) is 46.4 Å². The average Bonchev–Trinajstić information content (AvgIpc) is 2.68. The number of H-pyrrole nitrogens is 1. The molecule has 0 amide bonds. The van der Waals surface area contributed by atoms with E-state index in [-0.39, 0.29) is 10.5 Å². The minimum Gasteiger partial charge on any atom is -0.377 e. The molecular weight excluding hydrogens is 268 g/mol. The van der Waals surface area contributed by atoms with E-state index in [0.29, 0.717) is 11.4 Å². The van der Waals surface area contributed by atoms with Crippen LogP contribution in [0.5, 0.6) is 0 Å². The van der Waals surface area contributed by atoms with E-state index in [1.54, 1.807) is 6.92 Å². The molecule has 0 saturated heterocycles. The Morgan fingerprint density at radius 3 is 2.26 bits per heavy atom. The fraction of sp³-hybridized carbons (Fsp3) is 0.250. The second-order valence-corrected chi connectivity index (χ2v) is 6.49. The molecule has 0 spiro atoms. The van der Waals surface area contributed by atoms with Crippen LogP contribution in [0.15, 0.2) is 40.0 Å². The van der Waals surface area contributed by atoms with Crippen LogP contribution in [-0.2, 0) is 9.84 Å². The molecule has 2 rings (SSSR count). The van der Waals surface area contributed by atoms with Crippen molar-refractivity contribution in [2.45, 2.75) is 24.2 Å². The average molecular weight is 282 g/mol. The minimum absolute atomic E-state index is 0.0163. The Balaban J connectivity index is 2.45. The van der Waals surface area contributed by atoms with Gasteiger partial charge in [0.2, 0.25) is 9.84 Å². The first-order chi connectivity index (χ1) is 8.82. The maximum absolute atomic E-state index is 11.7. The highest BCUT2D eigenvalue weighted by Crippen LogP contribution is 2.16. The normalized spacial score (nSPS) is 13.4. The molecule has 0 radical (unpaired) electrons. The quantitative estimate of drug-likeness (QED) is 0.861. The molecule has 0 aliphatic heterocycles. The lowest BCUT2D eigenvalue weighted by molar-refractivity contribution is 0.268. The van der Waals surface area contributed by atoms with Gasteiger partial charge in [0, 0.05) is 11.8 Å². The molecule has 1 heterocycles. The largest absolute Gasteiger partial charge is 0.377 e. The molecular formula is C12H14N2O4S. The van der Waals surface area contributed by atoms with Crippen LogP contribution in [0.25, 0.3) is 5.69 Å². The zero-order chi connectivity index (χ0) is 14.2. The third kappa shape index (κ3) is 2.47. The van der Waals surface area contributed by atoms with Gasteiger partial charge in [-0.25, -0.2) is 13.1 Å². The van der Waals surface area contributed by atoms with E-state index in [9.17, 15) is 18.3 Å². The molecule has 1 atom stereocenters. The minimum atomic E-state index is -3.72. The highest BCUT2D eigenvalue weighted by Gasteiger charge is 2.20. The van der Waals surface area contributed by atoms with Crippen LogP contribution in [0, 0.1) is 6.92 Å². The third-order valence-corrected chi connectivity index (χ3v) is 4.55. The lowest BCUT2D eigenvalue weighted by atomic mass is 10.3. The smallest absolute Gasteiger partial charge is 0.271 e. The number of aromatic nitrogens is 2. The Hall–Kier alpha value is -1.86. The van der Waals surface area contributed by atoms with Crippen molar-refractivity contribution >= 4 is 9.84 Å². The van der Waals surface area contributed by atoms with Crippen LogP contribution in [0.4, 0.5) is 0 Å². The first-order valence-electron chi connectivity index (χ1n) is 5.63. The summed E-state index contributed by atoms with van der Waals surface area (Å²) in [4.78, 5) is 11.6. The molecule has 2 N–H and O–H groups in total. The van der Waals surface area contributed by atoms with Gasteiger partial charge in [-0.3, -0.25) is 9.89 Å². The number of aryl methyl sites for hydroxylation is 1. The van der Waals surface area contributed by atoms with E-state index in [4.69, 9.17) is 0 Å². The number of hydrogen-bond acceptors (Lipinski definition) is 4. The zero-order valence-corrected chi connectivity index (χ0v) is 11.3. The summed E-state index contributed by atoms with van der Waals surface area (Å²) in [6.07, 6.45) is 0. The van der Waals surface area contributed by atoms with Gasteiger partial charge >= 0.3 is 0 Å². The molecule has 0 fully saturated rings. The van der Waals surface area contributed by atoms with Gasteiger partial charge in [-0.1, -0.05) is 0 Å². The summed E-state index contributed by atoms with van der Waals surface area (Å²) in [5, 5.41) is 12.1. The summed E-state index contributed by atoms with van der Waals surface area (Å²) in [7, 11) is -3.72. The van der Waals surface area contributed by atoms with Gasteiger partial charge in [-0.15, -0.1) is 0 Å². The number of rotatable bonds is 3. The van der Waals surface area contributed by atoms with Crippen LogP contribution in [0.1, 0.15) is 12.6 Å². The maximum atomic E-state index is 11.7. The van der Waals surface area contributed by atoms with E-state index < -0.39 is 15.3 Å². The Kier molecular flexibility index (Phi) is 3.34. The van der Waals surface area contributed by atoms with Crippen molar-refractivity contribution in [2.75, 3.05) is 0 Å². The van der Waals surface area contributed by atoms with Gasteiger partial charge in [-0.2, -0.15) is 0 Å². The van der Waals surface area contributed by atoms with Gasteiger partial charge in [0.15, 0.2) is 5.44 Å². The molecule has 2 aromatic rings. The van der Waals surface area contributed by atoms with E-state index in [0.717, 1.165) is 0 Å². The summed E-state index contributed by atoms with van der Waals surface area (Å²) in [5.41, 5.74) is -0.439. The third-order valence-electron chi connectivity index (χ3n) is 2.72. The number of aromatic amines is 1. The molecule has 1 aromatic carbocycles. The van der Waals surface area contributed by atoms with Crippen molar-refractivity contribution in [2.24, 2.45) is 0 Å². The van der Waals surface area contributed by atoms with Gasteiger partial charge < -0.3 is 5.11 Å². The molecule has 6 nitrogen and oxygen atoms in total. The van der Waals surface area contributed by atoms with Crippen LogP contribution < -0.4 is 5.56 Å². The second kappa shape index (κ2) is 4.67. The van der Waals surface area contributed by atoms with Crippen molar-refractivity contribution in [1.82, 2.24) is 9.78 Å². The number of nitrogens with zero attached hydrogens (tertiary/aromatic N) is 1. The van der Waals surface area contributed by atoms with E-state index >= 15 is 0 Å². The standard InChI is InChI=1S/C12H14N2O4S/c1-8-7-12(16)14(13-8)10-3-5-11(6-4-10)19(17,18)9(2)15/h3-7,9,13,15H,1-2H3. The summed E-state index contributed by atoms with van der Waals surface area (Å²) >= 11 is 0. The number of aliphatic hydroxyl groups excluding tert-OH is 1. The molecule has 102 valence electrons. The summed E-state index contributed by atoms with van der Waals surface area (Å²) in [6.45, 7) is 2.95. The van der Waals surface area contributed by atoms with Crippen molar-refractivity contribution in [3.63, 3.8) is 0 Å². The number of nitrogens with one attached hydrogen (secondary N) is 1. The van der Waals surface area contributed by atoms with Gasteiger partial charge in [-0.05, 0) is 38.1 Å². The van der Waals surface area contributed by atoms with Crippen molar-refractivity contribution in [3.8, 4) is 5.69 Å². The summed E-state index contributed by atoms with van der Waals surface area (Å²) < 4.78 is 24.8.